The molecule has 2 heterocycles. The molecular formula is C16H24N2O6. The predicted molar refractivity (Wildman–Crippen MR) is 84.5 cm³/mol. The van der Waals surface area contributed by atoms with E-state index in [1.165, 1.54) is 15.9 Å². The van der Waals surface area contributed by atoms with Crippen LogP contribution in [0.25, 0.3) is 0 Å². The SMILES string of the molecule is C=CCOC(=O)N1C[C@@H](C(=O)O)C2(C1)CN(C(=O)OC(C)(C)C)C2. The molecule has 8 nitrogen and oxygen atoms in total. The molecule has 0 aliphatic carbocycles. The van der Waals surface area contributed by atoms with E-state index in [9.17, 15) is 19.5 Å². The Bertz CT molecular complexity index is 547. The fourth-order valence-corrected chi connectivity index (χ4v) is 3.16. The molecule has 2 rings (SSSR count). The van der Waals surface area contributed by atoms with Gasteiger partial charge in [0.05, 0.1) is 5.92 Å². The number of carboxylic acids is 1. The first kappa shape index (κ1) is 18.1. The molecule has 1 N–H and O–H groups in total. The van der Waals surface area contributed by atoms with Crippen LogP contribution in [0.4, 0.5) is 9.59 Å². The first-order valence-corrected chi connectivity index (χ1v) is 7.81. The number of rotatable bonds is 3. The Labute approximate surface area is 141 Å². The zero-order valence-corrected chi connectivity index (χ0v) is 14.3. The van der Waals surface area contributed by atoms with Gasteiger partial charge in [-0.25, -0.2) is 9.59 Å². The fraction of sp³-hybridized carbons (Fsp3) is 0.688. The quantitative estimate of drug-likeness (QED) is 0.783. The molecule has 0 aromatic heterocycles. The Hall–Kier alpha value is -2.25. The average molecular weight is 340 g/mol. The highest BCUT2D eigenvalue weighted by Gasteiger charge is 2.59. The van der Waals surface area contributed by atoms with Gasteiger partial charge in [0.2, 0.25) is 0 Å². The summed E-state index contributed by atoms with van der Waals surface area (Å²) in [5.41, 5.74) is -1.25. The van der Waals surface area contributed by atoms with Crippen LogP contribution in [-0.4, -0.2) is 71.4 Å². The highest BCUT2D eigenvalue weighted by atomic mass is 16.6. The van der Waals surface area contributed by atoms with E-state index in [2.05, 4.69) is 6.58 Å². The second-order valence-corrected chi connectivity index (χ2v) is 7.34. The zero-order valence-electron chi connectivity index (χ0n) is 14.3. The monoisotopic (exact) mass is 340 g/mol. The highest BCUT2D eigenvalue weighted by Crippen LogP contribution is 2.44. The maximum absolute atomic E-state index is 12.1. The minimum Gasteiger partial charge on any atom is -0.481 e. The van der Waals surface area contributed by atoms with Gasteiger partial charge in [0, 0.05) is 31.6 Å². The molecule has 1 atom stereocenters. The molecule has 2 amide bonds. The van der Waals surface area contributed by atoms with Crippen molar-refractivity contribution in [2.75, 3.05) is 32.8 Å². The Balaban J connectivity index is 2.01. The second kappa shape index (κ2) is 6.33. The number of likely N-dealkylation sites (tertiary alicyclic amines) is 2. The van der Waals surface area contributed by atoms with Crippen molar-refractivity contribution in [2.24, 2.45) is 11.3 Å². The van der Waals surface area contributed by atoms with Crippen LogP contribution >= 0.6 is 0 Å². The van der Waals surface area contributed by atoms with E-state index in [0.717, 1.165) is 0 Å². The smallest absolute Gasteiger partial charge is 0.410 e. The van der Waals surface area contributed by atoms with Crippen molar-refractivity contribution >= 4 is 18.2 Å². The van der Waals surface area contributed by atoms with Crippen molar-refractivity contribution in [3.63, 3.8) is 0 Å². The number of nitrogens with zero attached hydrogens (tertiary/aromatic N) is 2. The van der Waals surface area contributed by atoms with Crippen molar-refractivity contribution in [2.45, 2.75) is 26.4 Å². The first-order valence-electron chi connectivity index (χ1n) is 7.81. The van der Waals surface area contributed by atoms with Gasteiger partial charge in [0.15, 0.2) is 0 Å². The maximum Gasteiger partial charge on any atom is 0.410 e. The lowest BCUT2D eigenvalue weighted by Gasteiger charge is -2.49. The van der Waals surface area contributed by atoms with Gasteiger partial charge < -0.3 is 24.4 Å². The molecule has 134 valence electrons. The molecule has 0 radical (unpaired) electrons. The van der Waals surface area contributed by atoms with E-state index in [4.69, 9.17) is 9.47 Å². The minimum atomic E-state index is -0.974. The summed E-state index contributed by atoms with van der Waals surface area (Å²) < 4.78 is 10.3. The van der Waals surface area contributed by atoms with Crippen LogP contribution in [0.15, 0.2) is 12.7 Å². The first-order chi connectivity index (χ1) is 11.1. The van der Waals surface area contributed by atoms with Crippen LogP contribution in [0.1, 0.15) is 20.8 Å². The number of hydrogen-bond donors (Lipinski definition) is 1. The van der Waals surface area contributed by atoms with Gasteiger partial charge in [-0.1, -0.05) is 12.7 Å². The summed E-state index contributed by atoms with van der Waals surface area (Å²) in [6.07, 6.45) is 0.421. The van der Waals surface area contributed by atoms with Gasteiger partial charge in [-0.15, -0.1) is 0 Å². The number of aliphatic carboxylic acids is 1. The van der Waals surface area contributed by atoms with Crippen molar-refractivity contribution < 1.29 is 29.0 Å². The molecule has 0 saturated carbocycles. The lowest BCUT2D eigenvalue weighted by Crippen LogP contribution is -2.63. The molecule has 24 heavy (non-hydrogen) atoms. The van der Waals surface area contributed by atoms with Crippen LogP contribution in [-0.2, 0) is 14.3 Å². The van der Waals surface area contributed by atoms with E-state index >= 15 is 0 Å². The van der Waals surface area contributed by atoms with E-state index in [0.29, 0.717) is 0 Å². The molecule has 0 unspecified atom stereocenters. The molecule has 1 spiro atoms. The molecule has 2 fully saturated rings. The van der Waals surface area contributed by atoms with Crippen LogP contribution in [0.3, 0.4) is 0 Å². The zero-order chi connectivity index (χ0) is 18.1. The largest absolute Gasteiger partial charge is 0.481 e. The minimum absolute atomic E-state index is 0.0735. The summed E-state index contributed by atoms with van der Waals surface area (Å²) in [5.74, 6) is -1.70. The number of ether oxygens (including phenoxy) is 2. The summed E-state index contributed by atoms with van der Waals surface area (Å²) in [6.45, 7) is 9.69. The Kier molecular flexibility index (Phi) is 4.77. The second-order valence-electron chi connectivity index (χ2n) is 7.34. The van der Waals surface area contributed by atoms with E-state index in [1.54, 1.807) is 20.8 Å². The third-order valence-corrected chi connectivity index (χ3v) is 4.19. The van der Waals surface area contributed by atoms with E-state index in [1.807, 2.05) is 0 Å². The molecule has 2 aliphatic heterocycles. The van der Waals surface area contributed by atoms with Gasteiger partial charge in [-0.2, -0.15) is 0 Å². The number of amides is 2. The average Bonchev–Trinajstić information content (AvgIpc) is 2.82. The summed E-state index contributed by atoms with van der Waals surface area (Å²) >= 11 is 0. The van der Waals surface area contributed by atoms with Gasteiger partial charge in [0.1, 0.15) is 12.2 Å². The summed E-state index contributed by atoms with van der Waals surface area (Å²) in [4.78, 5) is 38.4. The van der Waals surface area contributed by atoms with Crippen molar-refractivity contribution in [3.05, 3.63) is 12.7 Å². The summed E-state index contributed by atoms with van der Waals surface area (Å²) in [5, 5.41) is 9.47. The number of carbonyl (C=O) groups is 3. The molecule has 2 saturated heterocycles. The van der Waals surface area contributed by atoms with Crippen molar-refractivity contribution in [1.82, 2.24) is 9.80 Å². The third kappa shape index (κ3) is 3.63. The highest BCUT2D eigenvalue weighted by molar-refractivity contribution is 5.77. The van der Waals surface area contributed by atoms with Gasteiger partial charge >= 0.3 is 18.2 Å². The Morgan fingerprint density at radius 3 is 2.29 bits per heavy atom. The van der Waals surface area contributed by atoms with Crippen molar-refractivity contribution in [1.29, 1.82) is 0 Å². The summed E-state index contributed by atoms with van der Waals surface area (Å²) in [7, 11) is 0. The topological polar surface area (TPSA) is 96.4 Å². The predicted octanol–water partition coefficient (Wildman–Crippen LogP) is 1.56. The maximum atomic E-state index is 12.1. The van der Waals surface area contributed by atoms with Crippen LogP contribution < -0.4 is 0 Å². The van der Waals surface area contributed by atoms with Gasteiger partial charge in [-0.3, -0.25) is 4.79 Å². The standard InChI is InChI=1S/C16H24N2O6/c1-5-6-23-13(21)17-7-11(12(19)20)16(8-17)9-18(10-16)14(22)24-15(2,3)4/h5,11H,1,6-10H2,2-4H3,(H,19,20)/t11-/m0/s1. The van der Waals surface area contributed by atoms with E-state index in [-0.39, 0.29) is 32.8 Å². The molecule has 0 aromatic carbocycles. The molecule has 0 bridgehead atoms. The van der Waals surface area contributed by atoms with Crippen LogP contribution in [0.5, 0.6) is 0 Å². The third-order valence-electron chi connectivity index (χ3n) is 4.19. The number of hydrogen-bond acceptors (Lipinski definition) is 5. The van der Waals surface area contributed by atoms with Gasteiger partial charge in [0.25, 0.3) is 0 Å². The molecular weight excluding hydrogens is 316 g/mol. The number of carbonyl (C=O) groups excluding carboxylic acids is 2. The van der Waals surface area contributed by atoms with Crippen LogP contribution in [0.2, 0.25) is 0 Å². The normalized spacial score (nSPS) is 22.0. The Morgan fingerprint density at radius 2 is 1.79 bits per heavy atom. The molecule has 2 aliphatic rings. The van der Waals surface area contributed by atoms with Crippen LogP contribution in [0, 0.1) is 11.3 Å². The lowest BCUT2D eigenvalue weighted by atomic mass is 9.72. The van der Waals surface area contributed by atoms with Gasteiger partial charge in [-0.05, 0) is 20.8 Å². The Morgan fingerprint density at radius 1 is 1.21 bits per heavy atom. The molecule has 0 aromatic rings. The van der Waals surface area contributed by atoms with E-state index < -0.39 is 35.1 Å². The molecule has 8 heteroatoms. The van der Waals surface area contributed by atoms with Crippen molar-refractivity contribution in [3.8, 4) is 0 Å². The summed E-state index contributed by atoms with van der Waals surface area (Å²) in [6, 6.07) is 0. The fourth-order valence-electron chi connectivity index (χ4n) is 3.16. The lowest BCUT2D eigenvalue weighted by molar-refractivity contribution is -0.149. The number of carboxylic acid groups (broad SMARTS) is 1.